The van der Waals surface area contributed by atoms with Gasteiger partial charge in [0.1, 0.15) is 5.82 Å². The summed E-state index contributed by atoms with van der Waals surface area (Å²) in [5.74, 6) is 0.694. The summed E-state index contributed by atoms with van der Waals surface area (Å²) in [4.78, 5) is 0. The maximum atomic E-state index is 12.8. The van der Waals surface area contributed by atoms with Gasteiger partial charge >= 0.3 is 0 Å². The van der Waals surface area contributed by atoms with Crippen LogP contribution in [0.1, 0.15) is 39.0 Å². The van der Waals surface area contributed by atoms with Gasteiger partial charge in [-0.15, -0.1) is 0 Å². The maximum Gasteiger partial charge on any atom is 0.123 e. The van der Waals surface area contributed by atoms with Crippen molar-refractivity contribution in [2.45, 2.75) is 45.1 Å². The fourth-order valence-corrected chi connectivity index (χ4v) is 2.41. The molecule has 2 unspecified atom stereocenters. The third kappa shape index (κ3) is 3.22. The summed E-state index contributed by atoms with van der Waals surface area (Å²) >= 11 is 0. The van der Waals surface area contributed by atoms with Crippen molar-refractivity contribution in [1.82, 2.24) is 0 Å². The Kier molecular flexibility index (Phi) is 3.81. The molecule has 1 saturated carbocycles. The quantitative estimate of drug-likeness (QED) is 0.738. The van der Waals surface area contributed by atoms with E-state index in [1.807, 2.05) is 12.1 Å². The van der Waals surface area contributed by atoms with Crippen LogP contribution in [-0.4, -0.2) is 6.04 Å². The zero-order valence-corrected chi connectivity index (χ0v) is 9.88. The molecule has 88 valence electrons. The van der Waals surface area contributed by atoms with E-state index in [4.69, 9.17) is 0 Å². The van der Waals surface area contributed by atoms with Crippen LogP contribution in [0.5, 0.6) is 0 Å². The first kappa shape index (κ1) is 11.4. The fourth-order valence-electron chi connectivity index (χ4n) is 2.41. The van der Waals surface area contributed by atoms with E-state index in [1.165, 1.54) is 44.2 Å². The van der Waals surface area contributed by atoms with Gasteiger partial charge in [0.15, 0.2) is 0 Å². The van der Waals surface area contributed by atoms with Crippen LogP contribution < -0.4 is 5.32 Å². The summed E-state index contributed by atoms with van der Waals surface area (Å²) < 4.78 is 12.8. The number of rotatable bonds is 2. The summed E-state index contributed by atoms with van der Waals surface area (Å²) in [5, 5.41) is 3.50. The lowest BCUT2D eigenvalue weighted by molar-refractivity contribution is 0.502. The van der Waals surface area contributed by atoms with E-state index in [0.717, 1.165) is 11.6 Å². The minimum atomic E-state index is -0.167. The van der Waals surface area contributed by atoms with Crippen molar-refractivity contribution in [3.05, 3.63) is 30.1 Å². The van der Waals surface area contributed by atoms with Crippen molar-refractivity contribution >= 4 is 5.69 Å². The normalized spacial score (nSPS) is 26.1. The van der Waals surface area contributed by atoms with Crippen molar-refractivity contribution in [3.8, 4) is 0 Å². The van der Waals surface area contributed by atoms with Crippen LogP contribution >= 0.6 is 0 Å². The molecule has 1 N–H and O–H groups in total. The molecule has 0 aromatic heterocycles. The highest BCUT2D eigenvalue weighted by Crippen LogP contribution is 2.24. The molecular formula is C14H20FN. The molecule has 1 aromatic carbocycles. The highest BCUT2D eigenvalue weighted by Gasteiger charge is 2.15. The molecule has 2 atom stereocenters. The van der Waals surface area contributed by atoms with Gasteiger partial charge in [-0.05, 0) is 49.4 Å². The minimum Gasteiger partial charge on any atom is -0.382 e. The van der Waals surface area contributed by atoms with Gasteiger partial charge in [-0.1, -0.05) is 19.8 Å². The average Bonchev–Trinajstić information content (AvgIpc) is 2.47. The van der Waals surface area contributed by atoms with Crippen LogP contribution in [0.3, 0.4) is 0 Å². The molecular weight excluding hydrogens is 201 g/mol. The lowest BCUT2D eigenvalue weighted by Crippen LogP contribution is -2.18. The first-order valence-corrected chi connectivity index (χ1v) is 6.26. The Labute approximate surface area is 97.1 Å². The Balaban J connectivity index is 1.91. The SMILES string of the molecule is CC1CCCC(Nc2ccc(F)cc2)CC1. The highest BCUT2D eigenvalue weighted by molar-refractivity contribution is 5.43. The molecule has 0 radical (unpaired) electrons. The average molecular weight is 221 g/mol. The number of hydrogen-bond acceptors (Lipinski definition) is 1. The van der Waals surface area contributed by atoms with Gasteiger partial charge in [-0.3, -0.25) is 0 Å². The first-order chi connectivity index (χ1) is 7.74. The van der Waals surface area contributed by atoms with Crippen LogP contribution in [0.4, 0.5) is 10.1 Å². The van der Waals surface area contributed by atoms with Crippen LogP contribution in [0.25, 0.3) is 0 Å². The zero-order chi connectivity index (χ0) is 11.4. The second-order valence-electron chi connectivity index (χ2n) is 4.96. The van der Waals surface area contributed by atoms with Gasteiger partial charge in [0.05, 0.1) is 0 Å². The highest BCUT2D eigenvalue weighted by atomic mass is 19.1. The van der Waals surface area contributed by atoms with Gasteiger partial charge in [-0.25, -0.2) is 4.39 Å². The molecule has 1 aliphatic rings. The largest absolute Gasteiger partial charge is 0.382 e. The number of nitrogens with one attached hydrogen (secondary N) is 1. The van der Waals surface area contributed by atoms with Gasteiger partial charge in [0, 0.05) is 11.7 Å². The molecule has 16 heavy (non-hydrogen) atoms. The maximum absolute atomic E-state index is 12.8. The molecule has 2 heteroatoms. The first-order valence-electron chi connectivity index (χ1n) is 6.26. The summed E-state index contributed by atoms with van der Waals surface area (Å²) in [6.07, 6.45) is 6.43. The Hall–Kier alpha value is -1.05. The molecule has 0 aliphatic heterocycles. The lowest BCUT2D eigenvalue weighted by atomic mass is 10.0. The molecule has 0 saturated heterocycles. The van der Waals surface area contributed by atoms with Crippen molar-refractivity contribution in [2.24, 2.45) is 5.92 Å². The van der Waals surface area contributed by atoms with E-state index in [-0.39, 0.29) is 5.82 Å². The topological polar surface area (TPSA) is 12.0 Å². The standard InChI is InChI=1S/C14H20FN/c1-11-3-2-4-13(8-5-11)16-14-9-6-12(15)7-10-14/h6-7,9-11,13,16H,2-5,8H2,1H3. The van der Waals surface area contributed by atoms with Gasteiger partial charge in [0.25, 0.3) is 0 Å². The lowest BCUT2D eigenvalue weighted by Gasteiger charge is -2.17. The molecule has 0 bridgehead atoms. The third-order valence-electron chi connectivity index (χ3n) is 3.47. The van der Waals surface area contributed by atoms with Crippen LogP contribution in [0.15, 0.2) is 24.3 Å². The minimum absolute atomic E-state index is 0.167. The second-order valence-corrected chi connectivity index (χ2v) is 4.96. The smallest absolute Gasteiger partial charge is 0.123 e. The number of benzene rings is 1. The monoisotopic (exact) mass is 221 g/mol. The predicted molar refractivity (Wildman–Crippen MR) is 66.1 cm³/mol. The van der Waals surface area contributed by atoms with Crippen molar-refractivity contribution in [3.63, 3.8) is 0 Å². The van der Waals surface area contributed by atoms with E-state index < -0.39 is 0 Å². The number of anilines is 1. The molecule has 0 spiro atoms. The van der Waals surface area contributed by atoms with E-state index >= 15 is 0 Å². The zero-order valence-electron chi connectivity index (χ0n) is 9.88. The van der Waals surface area contributed by atoms with E-state index in [2.05, 4.69) is 12.2 Å². The Morgan fingerprint density at radius 3 is 2.56 bits per heavy atom. The summed E-state index contributed by atoms with van der Waals surface area (Å²) in [6.45, 7) is 2.33. The Morgan fingerprint density at radius 2 is 1.81 bits per heavy atom. The number of hydrogen-bond donors (Lipinski definition) is 1. The Bertz CT molecular complexity index is 320. The van der Waals surface area contributed by atoms with Crippen LogP contribution in [0.2, 0.25) is 0 Å². The third-order valence-corrected chi connectivity index (χ3v) is 3.47. The summed E-state index contributed by atoms with van der Waals surface area (Å²) in [6, 6.07) is 7.24. The van der Waals surface area contributed by atoms with Gasteiger partial charge in [-0.2, -0.15) is 0 Å². The van der Waals surface area contributed by atoms with Crippen molar-refractivity contribution in [1.29, 1.82) is 0 Å². The van der Waals surface area contributed by atoms with Gasteiger partial charge in [0.2, 0.25) is 0 Å². The molecule has 1 nitrogen and oxygen atoms in total. The Morgan fingerprint density at radius 1 is 1.06 bits per heavy atom. The van der Waals surface area contributed by atoms with E-state index in [0.29, 0.717) is 6.04 Å². The molecule has 2 rings (SSSR count). The molecule has 1 fully saturated rings. The molecule has 1 aromatic rings. The predicted octanol–water partition coefficient (Wildman–Crippen LogP) is 4.21. The second kappa shape index (κ2) is 5.33. The van der Waals surface area contributed by atoms with Gasteiger partial charge < -0.3 is 5.32 Å². The van der Waals surface area contributed by atoms with E-state index in [9.17, 15) is 4.39 Å². The molecule has 0 heterocycles. The van der Waals surface area contributed by atoms with Crippen molar-refractivity contribution < 1.29 is 4.39 Å². The van der Waals surface area contributed by atoms with E-state index in [1.54, 1.807) is 0 Å². The van der Waals surface area contributed by atoms with Crippen LogP contribution in [-0.2, 0) is 0 Å². The molecule has 0 amide bonds. The van der Waals surface area contributed by atoms with Crippen molar-refractivity contribution in [2.75, 3.05) is 5.32 Å². The summed E-state index contributed by atoms with van der Waals surface area (Å²) in [5.41, 5.74) is 1.04. The van der Waals surface area contributed by atoms with Crippen LogP contribution in [0, 0.1) is 11.7 Å². The number of halogens is 1. The summed E-state index contributed by atoms with van der Waals surface area (Å²) in [7, 11) is 0. The fraction of sp³-hybridized carbons (Fsp3) is 0.571. The molecule has 1 aliphatic carbocycles.